The summed E-state index contributed by atoms with van der Waals surface area (Å²) in [5.41, 5.74) is 0.0645. The van der Waals surface area contributed by atoms with Crippen LogP contribution in [0.3, 0.4) is 0 Å². The highest BCUT2D eigenvalue weighted by Crippen LogP contribution is 2.36. The van der Waals surface area contributed by atoms with Gasteiger partial charge in [-0.05, 0) is 72.4 Å². The summed E-state index contributed by atoms with van der Waals surface area (Å²) in [6, 6.07) is 5.28. The van der Waals surface area contributed by atoms with Crippen LogP contribution >= 0.6 is 0 Å². The number of alkyl halides is 3. The quantitative estimate of drug-likeness (QED) is 0.282. The lowest BCUT2D eigenvalue weighted by atomic mass is 9.92. The van der Waals surface area contributed by atoms with E-state index in [1.807, 2.05) is 0 Å². The number of methoxy groups -OCH3 is 3. The molecule has 0 saturated heterocycles. The van der Waals surface area contributed by atoms with E-state index in [4.69, 9.17) is 9.47 Å². The lowest BCUT2D eigenvalue weighted by molar-refractivity contribution is -0.140. The Balaban J connectivity index is 2.67. The number of carbonyl (C=O) groups excluding carboxylic acids is 2. The van der Waals surface area contributed by atoms with Crippen LogP contribution in [0.4, 0.5) is 17.6 Å². The average molecular weight is 468 g/mol. The van der Waals surface area contributed by atoms with Crippen molar-refractivity contribution in [2.75, 3.05) is 21.3 Å². The highest BCUT2D eigenvalue weighted by Gasteiger charge is 2.32. The molecule has 0 fully saturated rings. The van der Waals surface area contributed by atoms with E-state index in [2.05, 4.69) is 4.74 Å². The molecule has 0 aliphatic heterocycles. The molecule has 0 radical (unpaired) electrons. The van der Waals surface area contributed by atoms with Gasteiger partial charge in [0.05, 0.1) is 26.9 Å². The van der Waals surface area contributed by atoms with Gasteiger partial charge in [0.2, 0.25) is 0 Å². The highest BCUT2D eigenvalue weighted by molar-refractivity contribution is 5.95. The summed E-state index contributed by atoms with van der Waals surface area (Å²) in [5.74, 6) is -1.93. The predicted molar refractivity (Wildman–Crippen MR) is 113 cm³/mol. The molecule has 2 aromatic rings. The van der Waals surface area contributed by atoms with E-state index >= 15 is 0 Å². The number of hydrogen-bond acceptors (Lipinski definition) is 5. The smallest absolute Gasteiger partial charge is 0.416 e. The van der Waals surface area contributed by atoms with Crippen LogP contribution in [0.25, 0.3) is 5.57 Å². The summed E-state index contributed by atoms with van der Waals surface area (Å²) in [5, 5.41) is 0. The Bertz CT molecular complexity index is 1060. The van der Waals surface area contributed by atoms with E-state index < -0.39 is 29.5 Å². The fraction of sp³-hybridized carbons (Fsp3) is 0.333. The molecule has 33 heavy (non-hydrogen) atoms. The lowest BCUT2D eigenvalue weighted by Gasteiger charge is -2.17. The molecule has 0 amide bonds. The zero-order chi connectivity index (χ0) is 24.8. The van der Waals surface area contributed by atoms with Gasteiger partial charge in [-0.3, -0.25) is 4.79 Å². The van der Waals surface area contributed by atoms with E-state index in [9.17, 15) is 27.2 Å². The van der Waals surface area contributed by atoms with Gasteiger partial charge in [0.1, 0.15) is 17.1 Å². The largest absolute Gasteiger partial charge is 0.496 e. The highest BCUT2D eigenvalue weighted by atomic mass is 19.4. The number of rotatable bonds is 8. The van der Waals surface area contributed by atoms with Gasteiger partial charge in [0, 0.05) is 6.42 Å². The zero-order valence-electron chi connectivity index (χ0n) is 18.6. The van der Waals surface area contributed by atoms with Crippen LogP contribution in [0.15, 0.2) is 36.4 Å². The molecule has 178 valence electrons. The van der Waals surface area contributed by atoms with Crippen molar-refractivity contribution >= 4 is 17.5 Å². The normalized spacial score (nSPS) is 11.8. The Kier molecular flexibility index (Phi) is 8.62. The summed E-state index contributed by atoms with van der Waals surface area (Å²) in [6.07, 6.45) is -2.40. The van der Waals surface area contributed by atoms with Crippen LogP contribution in [-0.2, 0) is 20.4 Å². The van der Waals surface area contributed by atoms with Crippen LogP contribution in [-0.4, -0.2) is 33.3 Å². The molecule has 0 aliphatic rings. The standard InChI is InChI=1S/C24H24F4O5/c1-14-9-15(12-20(22(14)32-3)23(30)33-4)19(7-5-6-8-21(29)31-2)16-10-17(24(26,27)28)13-18(25)11-16/h7,9-13H,5-6,8H2,1-4H3/b19-7+. The average Bonchev–Trinajstić information content (AvgIpc) is 2.76. The van der Waals surface area contributed by atoms with Crippen molar-refractivity contribution in [1.29, 1.82) is 0 Å². The molecule has 0 aromatic heterocycles. The van der Waals surface area contributed by atoms with Crippen LogP contribution in [0.2, 0.25) is 0 Å². The first-order chi connectivity index (χ1) is 15.5. The number of allylic oxidation sites excluding steroid dienone is 1. The summed E-state index contributed by atoms with van der Waals surface area (Å²) in [6.45, 7) is 1.66. The number of carbonyl (C=O) groups is 2. The van der Waals surface area contributed by atoms with E-state index in [0.29, 0.717) is 30.0 Å². The maximum atomic E-state index is 14.2. The monoisotopic (exact) mass is 468 g/mol. The van der Waals surface area contributed by atoms with Crippen LogP contribution in [0, 0.1) is 12.7 Å². The lowest BCUT2D eigenvalue weighted by Crippen LogP contribution is -2.08. The second kappa shape index (κ2) is 11.0. The van der Waals surface area contributed by atoms with Gasteiger partial charge >= 0.3 is 18.1 Å². The molecule has 0 bridgehead atoms. The number of aryl methyl sites for hydroxylation is 1. The van der Waals surface area contributed by atoms with Crippen molar-refractivity contribution in [3.05, 3.63) is 70.0 Å². The minimum Gasteiger partial charge on any atom is -0.496 e. The molecule has 2 aromatic carbocycles. The summed E-state index contributed by atoms with van der Waals surface area (Å²) >= 11 is 0. The second-order valence-electron chi connectivity index (χ2n) is 7.18. The Morgan fingerprint density at radius 3 is 2.21 bits per heavy atom. The van der Waals surface area contributed by atoms with Crippen molar-refractivity contribution in [3.8, 4) is 5.75 Å². The Hall–Kier alpha value is -3.36. The number of halogens is 4. The van der Waals surface area contributed by atoms with Crippen molar-refractivity contribution in [2.45, 2.75) is 32.4 Å². The minimum atomic E-state index is -4.75. The number of hydrogen-bond donors (Lipinski definition) is 0. The molecule has 0 atom stereocenters. The molecule has 0 N–H and O–H groups in total. The van der Waals surface area contributed by atoms with E-state index in [1.54, 1.807) is 19.1 Å². The number of esters is 2. The zero-order valence-corrected chi connectivity index (χ0v) is 18.6. The Labute approximate surface area is 189 Å². The third-order valence-electron chi connectivity index (χ3n) is 4.89. The molecule has 5 nitrogen and oxygen atoms in total. The molecule has 0 aliphatic carbocycles. The molecule has 2 rings (SSSR count). The maximum absolute atomic E-state index is 14.2. The van der Waals surface area contributed by atoms with Crippen LogP contribution in [0.5, 0.6) is 5.75 Å². The second-order valence-corrected chi connectivity index (χ2v) is 7.18. The van der Waals surface area contributed by atoms with Gasteiger partial charge < -0.3 is 14.2 Å². The summed E-state index contributed by atoms with van der Waals surface area (Å²) < 4.78 is 68.8. The predicted octanol–water partition coefficient (Wildman–Crippen LogP) is 5.72. The molecule has 9 heteroatoms. The molecular weight excluding hydrogens is 444 g/mol. The van der Waals surface area contributed by atoms with Crippen LogP contribution in [0.1, 0.15) is 51.9 Å². The minimum absolute atomic E-state index is 0.0271. The van der Waals surface area contributed by atoms with Gasteiger partial charge in [0.15, 0.2) is 0 Å². The number of ether oxygens (including phenoxy) is 3. The molecule has 0 heterocycles. The summed E-state index contributed by atoms with van der Waals surface area (Å²) in [7, 11) is 3.82. The van der Waals surface area contributed by atoms with Gasteiger partial charge in [-0.15, -0.1) is 0 Å². The number of benzene rings is 2. The first kappa shape index (κ1) is 25.9. The molecular formula is C24H24F4O5. The number of unbranched alkanes of at least 4 members (excludes halogenated alkanes) is 1. The first-order valence-corrected chi connectivity index (χ1v) is 9.94. The van der Waals surface area contributed by atoms with Gasteiger partial charge in [-0.25, -0.2) is 9.18 Å². The van der Waals surface area contributed by atoms with Gasteiger partial charge in [-0.2, -0.15) is 13.2 Å². The van der Waals surface area contributed by atoms with Crippen molar-refractivity contribution in [3.63, 3.8) is 0 Å². The van der Waals surface area contributed by atoms with Crippen LogP contribution < -0.4 is 4.74 Å². The Morgan fingerprint density at radius 1 is 0.970 bits per heavy atom. The third kappa shape index (κ3) is 6.57. The van der Waals surface area contributed by atoms with Crippen molar-refractivity contribution in [1.82, 2.24) is 0 Å². The maximum Gasteiger partial charge on any atom is 0.416 e. The van der Waals surface area contributed by atoms with E-state index in [1.165, 1.54) is 27.4 Å². The molecule has 0 saturated carbocycles. The van der Waals surface area contributed by atoms with Gasteiger partial charge in [0.25, 0.3) is 0 Å². The third-order valence-corrected chi connectivity index (χ3v) is 4.89. The van der Waals surface area contributed by atoms with Crippen molar-refractivity contribution < 1.29 is 41.4 Å². The fourth-order valence-corrected chi connectivity index (χ4v) is 3.37. The van der Waals surface area contributed by atoms with Gasteiger partial charge in [-0.1, -0.05) is 6.08 Å². The van der Waals surface area contributed by atoms with E-state index in [0.717, 1.165) is 12.1 Å². The fourth-order valence-electron chi connectivity index (χ4n) is 3.37. The topological polar surface area (TPSA) is 61.8 Å². The molecule has 0 unspecified atom stereocenters. The summed E-state index contributed by atoms with van der Waals surface area (Å²) in [4.78, 5) is 23.7. The molecule has 0 spiro atoms. The first-order valence-electron chi connectivity index (χ1n) is 9.94. The SMILES string of the molecule is COC(=O)CCC/C=C(/c1cc(F)cc(C(F)(F)F)c1)c1cc(C)c(OC)c(C(=O)OC)c1. The van der Waals surface area contributed by atoms with E-state index in [-0.39, 0.29) is 28.9 Å². The Morgan fingerprint density at radius 2 is 1.64 bits per heavy atom. The van der Waals surface area contributed by atoms with Crippen molar-refractivity contribution in [2.24, 2.45) is 0 Å².